The summed E-state index contributed by atoms with van der Waals surface area (Å²) in [6.45, 7) is 0. The van der Waals surface area contributed by atoms with Crippen LogP contribution in [0.2, 0.25) is 0 Å². The van der Waals surface area contributed by atoms with E-state index in [0.717, 1.165) is 48.5 Å². The topological polar surface area (TPSA) is 93.1 Å². The maximum absolute atomic E-state index is 15.5. The van der Waals surface area contributed by atoms with Crippen molar-refractivity contribution in [2.45, 2.75) is 23.6 Å². The first-order valence-electron chi connectivity index (χ1n) is 12.1. The van der Waals surface area contributed by atoms with Crippen molar-refractivity contribution < 1.29 is 55.6 Å². The van der Waals surface area contributed by atoms with Gasteiger partial charge < -0.3 is 19.7 Å². The normalized spacial score (nSPS) is 22.0. The molecule has 0 radical (unpaired) electrons. The Balaban J connectivity index is 1.37. The highest BCUT2D eigenvalue weighted by Gasteiger charge is 3.03. The molecule has 0 heterocycles. The van der Waals surface area contributed by atoms with E-state index in [2.05, 4.69) is 9.47 Å². The van der Waals surface area contributed by atoms with Crippen LogP contribution in [-0.4, -0.2) is 45.3 Å². The third-order valence-corrected chi connectivity index (χ3v) is 6.62. The molecule has 42 heavy (non-hydrogen) atoms. The van der Waals surface area contributed by atoms with E-state index in [-0.39, 0.29) is 33.8 Å². The van der Waals surface area contributed by atoms with E-state index in [1.54, 1.807) is 0 Å². The molecular formula is C30H18F6O6. The number of alkyl halides is 6. The number of carbonyl (C=O) groups is 2. The highest BCUT2D eigenvalue weighted by atomic mass is 19.3. The highest BCUT2D eigenvalue weighted by molar-refractivity contribution is 6.09. The standard InChI is InChI=1S/C30H18F6O6/c31-27(32)28(33,34)30(36,42-24-15-7-20(8-16-24)26(40)18-3-11-22(38)12-4-18)29(27,35)41-23-13-5-19(6-14-23)25(39)17-1-9-21(37)10-2-17/h1-16,37-38H. The fourth-order valence-electron chi connectivity index (χ4n) is 4.24. The van der Waals surface area contributed by atoms with Crippen molar-refractivity contribution in [1.29, 1.82) is 0 Å². The van der Waals surface area contributed by atoms with Gasteiger partial charge in [-0.25, -0.2) is 0 Å². The van der Waals surface area contributed by atoms with E-state index in [9.17, 15) is 37.4 Å². The third kappa shape index (κ3) is 4.30. The van der Waals surface area contributed by atoms with Gasteiger partial charge in [-0.05, 0) is 97.1 Å². The van der Waals surface area contributed by atoms with Gasteiger partial charge in [0.2, 0.25) is 0 Å². The summed E-state index contributed by atoms with van der Waals surface area (Å²) in [5.74, 6) is -24.3. The molecule has 1 saturated carbocycles. The Kier molecular flexibility index (Phi) is 6.67. The summed E-state index contributed by atoms with van der Waals surface area (Å²) in [4.78, 5) is 25.1. The molecule has 216 valence electrons. The molecular weight excluding hydrogens is 570 g/mol. The third-order valence-electron chi connectivity index (χ3n) is 6.62. The zero-order valence-electron chi connectivity index (χ0n) is 21.0. The lowest BCUT2D eigenvalue weighted by Crippen LogP contribution is -2.89. The number of hydrogen-bond acceptors (Lipinski definition) is 6. The second-order valence-electron chi connectivity index (χ2n) is 9.34. The molecule has 0 aliphatic heterocycles. The van der Waals surface area contributed by atoms with Crippen LogP contribution >= 0.6 is 0 Å². The number of hydrogen-bond donors (Lipinski definition) is 2. The maximum Gasteiger partial charge on any atom is 0.395 e. The fourth-order valence-corrected chi connectivity index (χ4v) is 4.24. The first kappa shape index (κ1) is 28.5. The van der Waals surface area contributed by atoms with Crippen LogP contribution in [0.5, 0.6) is 23.0 Å². The van der Waals surface area contributed by atoms with E-state index in [1.165, 1.54) is 48.5 Å². The van der Waals surface area contributed by atoms with Crippen molar-refractivity contribution in [3.8, 4) is 23.0 Å². The van der Waals surface area contributed by atoms with Gasteiger partial charge in [-0.3, -0.25) is 9.59 Å². The minimum absolute atomic E-state index is 0.0312. The van der Waals surface area contributed by atoms with E-state index < -0.39 is 46.6 Å². The summed E-state index contributed by atoms with van der Waals surface area (Å²) in [6, 6.07) is 17.5. The summed E-state index contributed by atoms with van der Waals surface area (Å²) in [5, 5.41) is 18.7. The second kappa shape index (κ2) is 9.82. The van der Waals surface area contributed by atoms with Crippen LogP contribution in [0, 0.1) is 0 Å². The van der Waals surface area contributed by atoms with E-state index in [0.29, 0.717) is 0 Å². The second-order valence-corrected chi connectivity index (χ2v) is 9.34. The van der Waals surface area contributed by atoms with E-state index in [1.807, 2.05) is 0 Å². The van der Waals surface area contributed by atoms with E-state index in [4.69, 9.17) is 0 Å². The predicted octanol–water partition coefficient (Wildman–Crippen LogP) is 6.63. The number of aromatic hydroxyl groups is 2. The molecule has 0 aromatic heterocycles. The Morgan fingerprint density at radius 1 is 0.452 bits per heavy atom. The lowest BCUT2D eigenvalue weighted by molar-refractivity contribution is -0.527. The lowest BCUT2D eigenvalue weighted by atomic mass is 9.76. The molecule has 0 saturated heterocycles. The van der Waals surface area contributed by atoms with Crippen LogP contribution in [0.1, 0.15) is 31.8 Å². The minimum atomic E-state index is -5.68. The number of phenolic OH excluding ortho intramolecular Hbond substituents is 2. The van der Waals surface area contributed by atoms with Crippen LogP contribution < -0.4 is 9.47 Å². The molecule has 2 N–H and O–H groups in total. The van der Waals surface area contributed by atoms with Crippen molar-refractivity contribution in [2.75, 3.05) is 0 Å². The summed E-state index contributed by atoms with van der Waals surface area (Å²) >= 11 is 0. The van der Waals surface area contributed by atoms with Crippen molar-refractivity contribution in [2.24, 2.45) is 0 Å². The Hall–Kier alpha value is -5.00. The number of ketones is 2. The van der Waals surface area contributed by atoms with Gasteiger partial charge in [-0.15, -0.1) is 0 Å². The average Bonchev–Trinajstić information content (AvgIpc) is 2.97. The average molecular weight is 588 g/mol. The van der Waals surface area contributed by atoms with E-state index >= 15 is 8.78 Å². The van der Waals surface area contributed by atoms with Gasteiger partial charge in [0, 0.05) is 22.3 Å². The quantitative estimate of drug-likeness (QED) is 0.177. The van der Waals surface area contributed by atoms with Crippen molar-refractivity contribution in [3.63, 3.8) is 0 Å². The van der Waals surface area contributed by atoms with Gasteiger partial charge in [0.1, 0.15) is 23.0 Å². The highest BCUT2D eigenvalue weighted by Crippen LogP contribution is 2.68. The SMILES string of the molecule is O=C(c1ccc(O)cc1)c1ccc(OC2(F)C(F)(F)C(F)(F)C2(F)Oc2ccc(C(=O)c3ccc(O)cc3)cc2)cc1. The van der Waals surface area contributed by atoms with Gasteiger partial charge in [0.15, 0.2) is 11.6 Å². The van der Waals surface area contributed by atoms with Gasteiger partial charge in [0.25, 0.3) is 0 Å². The van der Waals surface area contributed by atoms with Gasteiger partial charge in [0.05, 0.1) is 0 Å². The van der Waals surface area contributed by atoms with Gasteiger partial charge in [-0.2, -0.15) is 26.3 Å². The van der Waals surface area contributed by atoms with Crippen LogP contribution in [0.25, 0.3) is 0 Å². The van der Waals surface area contributed by atoms with Crippen molar-refractivity contribution in [1.82, 2.24) is 0 Å². The smallest absolute Gasteiger partial charge is 0.395 e. The monoisotopic (exact) mass is 588 g/mol. The van der Waals surface area contributed by atoms with Crippen LogP contribution in [-0.2, 0) is 0 Å². The molecule has 1 fully saturated rings. The molecule has 0 bridgehead atoms. The molecule has 12 heteroatoms. The Bertz CT molecular complexity index is 1520. The number of ether oxygens (including phenoxy) is 2. The summed E-state index contributed by atoms with van der Waals surface area (Å²) in [6.07, 6.45) is 0. The molecule has 0 amide bonds. The molecule has 1 aliphatic rings. The molecule has 1 aliphatic carbocycles. The largest absolute Gasteiger partial charge is 0.508 e. The zero-order chi connectivity index (χ0) is 30.5. The van der Waals surface area contributed by atoms with Gasteiger partial charge in [-0.1, -0.05) is 0 Å². The fraction of sp³-hybridized carbons (Fsp3) is 0.133. The number of halogens is 6. The molecule has 4 aromatic rings. The maximum atomic E-state index is 15.5. The van der Waals surface area contributed by atoms with Crippen LogP contribution in [0.4, 0.5) is 26.3 Å². The van der Waals surface area contributed by atoms with Crippen molar-refractivity contribution >= 4 is 11.6 Å². The minimum Gasteiger partial charge on any atom is -0.508 e. The van der Waals surface area contributed by atoms with Crippen LogP contribution in [0.15, 0.2) is 97.1 Å². The Labute approximate surface area is 233 Å². The molecule has 4 aromatic carbocycles. The molecule has 2 atom stereocenters. The van der Waals surface area contributed by atoms with Crippen LogP contribution in [0.3, 0.4) is 0 Å². The number of carbonyl (C=O) groups excluding carboxylic acids is 2. The summed E-state index contributed by atoms with van der Waals surface area (Å²) in [7, 11) is 0. The number of phenols is 2. The van der Waals surface area contributed by atoms with Gasteiger partial charge >= 0.3 is 23.6 Å². The zero-order valence-corrected chi connectivity index (χ0v) is 21.0. The molecule has 6 nitrogen and oxygen atoms in total. The Morgan fingerprint density at radius 2 is 0.690 bits per heavy atom. The molecule has 2 unspecified atom stereocenters. The summed E-state index contributed by atoms with van der Waals surface area (Å²) in [5.41, 5.74) is 0.216. The Morgan fingerprint density at radius 3 is 0.952 bits per heavy atom. The first-order chi connectivity index (χ1) is 19.7. The molecule has 5 rings (SSSR count). The number of rotatable bonds is 8. The first-order valence-corrected chi connectivity index (χ1v) is 12.1. The molecule has 0 spiro atoms. The number of benzene rings is 4. The predicted molar refractivity (Wildman–Crippen MR) is 135 cm³/mol. The summed E-state index contributed by atoms with van der Waals surface area (Å²) < 4.78 is 97.5. The lowest BCUT2D eigenvalue weighted by Gasteiger charge is -2.55. The van der Waals surface area contributed by atoms with Crippen molar-refractivity contribution in [3.05, 3.63) is 119 Å².